The molecule has 0 bridgehead atoms. The molecule has 212 valence electrons. The van der Waals surface area contributed by atoms with Crippen LogP contribution >= 0.6 is 11.8 Å². The Balaban J connectivity index is 1.71. The first-order valence-corrected chi connectivity index (χ1v) is 14.1. The summed E-state index contributed by atoms with van der Waals surface area (Å²) in [7, 11) is 0. The number of thioether (sulfide) groups is 1. The fraction of sp³-hybridized carbons (Fsp3) is 0.880. The molecule has 3 fully saturated rings. The molecule has 8 atom stereocenters. The molecule has 12 heteroatoms. The molecule has 5 unspecified atom stereocenters. The van der Waals surface area contributed by atoms with Crippen LogP contribution in [-0.4, -0.2) is 94.1 Å². The standard InChI is InChI=1S/C25H43N3O8S/c1-7-34-14-22(3)20(32)23(4,13-29)36-25(6,24(22,5)28-15(2)30)35-18(31)11-9-8-10-17-19-16(12-37-17)26-21(33)27-19/h16-17,19-20,29,32H,7-14H2,1-6H3,(H,28,30)(H2,26,27,33)/t16-,17?,19-,20?,22?,23?,24?,25+/m0/s1. The number of carbonyl (C=O) groups excluding carboxylic acids is 3. The lowest BCUT2D eigenvalue weighted by atomic mass is 9.58. The highest BCUT2D eigenvalue weighted by Gasteiger charge is 2.71. The predicted octanol–water partition coefficient (Wildman–Crippen LogP) is 1.05. The second kappa shape index (κ2) is 11.3. The number of aliphatic hydroxyl groups is 2. The van der Waals surface area contributed by atoms with Crippen LogP contribution in [0.2, 0.25) is 0 Å². The van der Waals surface area contributed by atoms with Crippen LogP contribution in [0.4, 0.5) is 4.79 Å². The molecule has 0 aliphatic carbocycles. The molecule has 37 heavy (non-hydrogen) atoms. The summed E-state index contributed by atoms with van der Waals surface area (Å²) in [6.07, 6.45) is 1.10. The van der Waals surface area contributed by atoms with Gasteiger partial charge in [0.05, 0.1) is 31.4 Å². The lowest BCUT2D eigenvalue weighted by Gasteiger charge is -2.64. The highest BCUT2D eigenvalue weighted by molar-refractivity contribution is 8.00. The van der Waals surface area contributed by atoms with Gasteiger partial charge in [-0.05, 0) is 33.6 Å². The van der Waals surface area contributed by atoms with Gasteiger partial charge in [-0.15, -0.1) is 0 Å². The molecule has 0 aromatic heterocycles. The van der Waals surface area contributed by atoms with E-state index in [9.17, 15) is 24.6 Å². The molecule has 11 nitrogen and oxygen atoms in total. The Hall–Kier alpha value is -1.60. The van der Waals surface area contributed by atoms with E-state index in [0.717, 1.165) is 18.6 Å². The largest absolute Gasteiger partial charge is 0.431 e. The second-order valence-electron chi connectivity index (χ2n) is 11.1. The monoisotopic (exact) mass is 545 g/mol. The second-order valence-corrected chi connectivity index (χ2v) is 12.4. The van der Waals surface area contributed by atoms with E-state index < -0.39 is 46.9 Å². The van der Waals surface area contributed by atoms with Crippen molar-refractivity contribution in [3.8, 4) is 0 Å². The molecule has 3 saturated heterocycles. The van der Waals surface area contributed by atoms with Crippen molar-refractivity contribution in [2.24, 2.45) is 5.41 Å². The number of carbonyl (C=O) groups is 3. The molecule has 5 N–H and O–H groups in total. The van der Waals surface area contributed by atoms with Crippen molar-refractivity contribution in [2.75, 3.05) is 25.6 Å². The van der Waals surface area contributed by atoms with Crippen LogP contribution in [0.25, 0.3) is 0 Å². The maximum atomic E-state index is 13.1. The lowest BCUT2D eigenvalue weighted by Crippen LogP contribution is -2.82. The molecular formula is C25H43N3O8S. The summed E-state index contributed by atoms with van der Waals surface area (Å²) in [6.45, 7) is 9.51. The smallest absolute Gasteiger partial charge is 0.315 e. The lowest BCUT2D eigenvalue weighted by molar-refractivity contribution is -0.384. The zero-order valence-corrected chi connectivity index (χ0v) is 23.5. The number of nitrogens with one attached hydrogen (secondary N) is 3. The van der Waals surface area contributed by atoms with E-state index in [1.165, 1.54) is 6.92 Å². The van der Waals surface area contributed by atoms with E-state index in [0.29, 0.717) is 18.3 Å². The van der Waals surface area contributed by atoms with Crippen LogP contribution in [0.5, 0.6) is 0 Å². The first kappa shape index (κ1) is 29.9. The van der Waals surface area contributed by atoms with Crippen LogP contribution in [0.15, 0.2) is 0 Å². The van der Waals surface area contributed by atoms with Crippen LogP contribution in [0.1, 0.15) is 67.2 Å². The van der Waals surface area contributed by atoms with Crippen molar-refractivity contribution in [3.63, 3.8) is 0 Å². The van der Waals surface area contributed by atoms with E-state index in [-0.39, 0.29) is 31.1 Å². The average Bonchev–Trinajstić information content (AvgIpc) is 3.37. The van der Waals surface area contributed by atoms with Gasteiger partial charge in [-0.1, -0.05) is 13.3 Å². The molecule has 3 heterocycles. The molecule has 3 aliphatic heterocycles. The van der Waals surface area contributed by atoms with E-state index in [1.54, 1.807) is 27.7 Å². The molecule has 0 spiro atoms. The number of unbranched alkanes of at least 4 members (excludes halogenated alkanes) is 1. The Labute approximate surface area is 223 Å². The molecular weight excluding hydrogens is 502 g/mol. The Bertz CT molecular complexity index is 879. The SMILES string of the molecule is CCOCC1(C)C(O)C(C)(CO)O[C@@](C)(OC(=O)CCCCC2SC[C@@H]3NC(=O)N[C@H]23)C1(C)NC(C)=O. The van der Waals surface area contributed by atoms with Crippen molar-refractivity contribution in [2.45, 2.75) is 108 Å². The third-order valence-electron chi connectivity index (χ3n) is 8.37. The Morgan fingerprint density at radius 2 is 1.92 bits per heavy atom. The third-order valence-corrected chi connectivity index (χ3v) is 9.88. The van der Waals surface area contributed by atoms with Gasteiger partial charge in [0, 0.05) is 43.3 Å². The highest BCUT2D eigenvalue weighted by Crippen LogP contribution is 2.54. The first-order valence-electron chi connectivity index (χ1n) is 13.0. The van der Waals surface area contributed by atoms with Crippen molar-refractivity contribution < 1.29 is 38.8 Å². The Morgan fingerprint density at radius 3 is 2.54 bits per heavy atom. The third kappa shape index (κ3) is 5.59. The molecule has 3 aliphatic rings. The van der Waals surface area contributed by atoms with Gasteiger partial charge in [-0.25, -0.2) is 4.79 Å². The minimum absolute atomic E-state index is 0.0279. The number of urea groups is 1. The fourth-order valence-corrected chi connectivity index (χ4v) is 7.53. The Morgan fingerprint density at radius 1 is 1.22 bits per heavy atom. The summed E-state index contributed by atoms with van der Waals surface area (Å²) < 4.78 is 17.8. The summed E-state index contributed by atoms with van der Waals surface area (Å²) in [6, 6.07) is 0.149. The maximum absolute atomic E-state index is 13.1. The topological polar surface area (TPSA) is 155 Å². The van der Waals surface area contributed by atoms with Gasteiger partial charge in [0.2, 0.25) is 11.7 Å². The minimum atomic E-state index is -1.72. The van der Waals surface area contributed by atoms with E-state index in [1.807, 2.05) is 18.7 Å². The van der Waals surface area contributed by atoms with Gasteiger partial charge in [-0.3, -0.25) is 9.59 Å². The van der Waals surface area contributed by atoms with Crippen LogP contribution in [0.3, 0.4) is 0 Å². The zero-order valence-electron chi connectivity index (χ0n) is 22.7. The Kier molecular flexibility index (Phi) is 9.11. The molecule has 0 saturated carbocycles. The van der Waals surface area contributed by atoms with Crippen LogP contribution < -0.4 is 16.0 Å². The quantitative estimate of drug-likeness (QED) is 0.146. The average molecular weight is 546 g/mol. The van der Waals surface area contributed by atoms with Crippen molar-refractivity contribution >= 4 is 29.7 Å². The maximum Gasteiger partial charge on any atom is 0.315 e. The summed E-state index contributed by atoms with van der Waals surface area (Å²) >= 11 is 1.82. The number of esters is 1. The summed E-state index contributed by atoms with van der Waals surface area (Å²) in [5, 5.41) is 30.6. The van der Waals surface area contributed by atoms with Gasteiger partial charge in [0.1, 0.15) is 11.1 Å². The number of hydrogen-bond acceptors (Lipinski definition) is 9. The normalized spacial score (nSPS) is 41.0. The molecule has 3 rings (SSSR count). The molecule has 0 radical (unpaired) electrons. The summed E-state index contributed by atoms with van der Waals surface area (Å²) in [5.41, 5.74) is -4.06. The van der Waals surface area contributed by atoms with Gasteiger partial charge in [0.25, 0.3) is 0 Å². The van der Waals surface area contributed by atoms with Crippen molar-refractivity contribution in [1.82, 2.24) is 16.0 Å². The van der Waals surface area contributed by atoms with Gasteiger partial charge >= 0.3 is 12.0 Å². The van der Waals surface area contributed by atoms with Gasteiger partial charge < -0.3 is 40.4 Å². The number of aliphatic hydroxyl groups excluding tert-OH is 2. The zero-order chi connectivity index (χ0) is 27.6. The number of fused-ring (bicyclic) bond motifs is 1. The summed E-state index contributed by atoms with van der Waals surface area (Å²) in [5.74, 6) is -1.74. The van der Waals surface area contributed by atoms with Crippen molar-refractivity contribution in [3.05, 3.63) is 0 Å². The number of rotatable bonds is 11. The van der Waals surface area contributed by atoms with Gasteiger partial charge in [0.15, 0.2) is 0 Å². The molecule has 0 aromatic rings. The first-order chi connectivity index (χ1) is 17.2. The van der Waals surface area contributed by atoms with E-state index in [4.69, 9.17) is 14.2 Å². The number of ether oxygens (including phenoxy) is 3. The molecule has 3 amide bonds. The fourth-order valence-electron chi connectivity index (χ4n) is 5.98. The predicted molar refractivity (Wildman–Crippen MR) is 138 cm³/mol. The number of amides is 3. The van der Waals surface area contributed by atoms with Crippen LogP contribution in [0, 0.1) is 5.41 Å². The van der Waals surface area contributed by atoms with Gasteiger partial charge in [-0.2, -0.15) is 11.8 Å². The van der Waals surface area contributed by atoms with E-state index in [2.05, 4.69) is 16.0 Å². The number of hydrogen-bond donors (Lipinski definition) is 5. The molecule has 0 aromatic carbocycles. The van der Waals surface area contributed by atoms with Crippen LogP contribution in [-0.2, 0) is 23.8 Å². The van der Waals surface area contributed by atoms with E-state index >= 15 is 0 Å². The highest BCUT2D eigenvalue weighted by atomic mass is 32.2. The van der Waals surface area contributed by atoms with Crippen molar-refractivity contribution in [1.29, 1.82) is 0 Å². The summed E-state index contributed by atoms with van der Waals surface area (Å²) in [4.78, 5) is 37.0. The minimum Gasteiger partial charge on any atom is -0.431 e.